The van der Waals surface area contributed by atoms with E-state index in [1.54, 1.807) is 37.3 Å². The van der Waals surface area contributed by atoms with Crippen LogP contribution in [0.25, 0.3) is 0 Å². The van der Waals surface area contributed by atoms with E-state index in [1.807, 2.05) is 0 Å². The number of para-hydroxylation sites is 2. The number of carbonyl (C=O) groups is 2. The van der Waals surface area contributed by atoms with Crippen molar-refractivity contribution in [1.82, 2.24) is 0 Å². The topological polar surface area (TPSA) is 84.9 Å². The van der Waals surface area contributed by atoms with Crippen LogP contribution in [-0.2, 0) is 9.53 Å². The summed E-state index contributed by atoms with van der Waals surface area (Å²) >= 11 is 0. The Hall–Kier alpha value is -3.02. The van der Waals surface area contributed by atoms with Crippen LogP contribution in [0.3, 0.4) is 0 Å². The molecule has 0 fully saturated rings. The first-order valence-corrected chi connectivity index (χ1v) is 6.91. The largest absolute Gasteiger partial charge is 0.507 e. The molecule has 0 bridgehead atoms. The van der Waals surface area contributed by atoms with Crippen molar-refractivity contribution in [3.05, 3.63) is 53.6 Å². The molecule has 0 radical (unpaired) electrons. The Morgan fingerprint density at radius 1 is 1.17 bits per heavy atom. The van der Waals surface area contributed by atoms with Gasteiger partial charge in [0.25, 0.3) is 5.91 Å². The number of amides is 1. The van der Waals surface area contributed by atoms with Crippen LogP contribution in [0.2, 0.25) is 0 Å². The highest BCUT2D eigenvalue weighted by molar-refractivity contribution is 5.97. The molecule has 2 N–H and O–H groups in total. The number of phenolic OH excluding ortho intramolecular Hbond substituents is 1. The molecule has 0 aliphatic carbocycles. The zero-order chi connectivity index (χ0) is 16.8. The van der Waals surface area contributed by atoms with Crippen molar-refractivity contribution in [2.75, 3.05) is 19.0 Å². The number of aryl methyl sites for hydroxylation is 1. The number of aromatic hydroxyl groups is 1. The Bertz CT molecular complexity index is 727. The average Bonchev–Trinajstić information content (AvgIpc) is 2.53. The summed E-state index contributed by atoms with van der Waals surface area (Å²) < 4.78 is 10.0. The molecule has 0 aliphatic rings. The summed E-state index contributed by atoms with van der Waals surface area (Å²) in [6.45, 7) is 1.32. The molecule has 6 heteroatoms. The van der Waals surface area contributed by atoms with Crippen molar-refractivity contribution >= 4 is 17.6 Å². The van der Waals surface area contributed by atoms with Crippen LogP contribution in [0.4, 0.5) is 5.69 Å². The van der Waals surface area contributed by atoms with Crippen molar-refractivity contribution in [3.8, 4) is 11.5 Å². The van der Waals surface area contributed by atoms with Gasteiger partial charge in [-0.1, -0.05) is 18.2 Å². The van der Waals surface area contributed by atoms with E-state index in [0.717, 1.165) is 5.56 Å². The second-order valence-electron chi connectivity index (χ2n) is 4.85. The van der Waals surface area contributed by atoms with E-state index in [4.69, 9.17) is 9.47 Å². The standard InChI is InChI=1S/C17H17NO5/c1-11-7-8-12(14(19)9-11)17(21)23-10-16(20)18-13-5-3-4-6-15(13)22-2/h3-9,19H,10H2,1-2H3,(H,18,20). The highest BCUT2D eigenvalue weighted by atomic mass is 16.5. The summed E-state index contributed by atoms with van der Waals surface area (Å²) in [5.74, 6) is -0.948. The molecule has 0 spiro atoms. The van der Waals surface area contributed by atoms with Crippen LogP contribution in [-0.4, -0.2) is 30.7 Å². The SMILES string of the molecule is COc1ccccc1NC(=O)COC(=O)c1ccc(C)cc1O. The van der Waals surface area contributed by atoms with Gasteiger partial charge in [0.1, 0.15) is 17.1 Å². The minimum absolute atomic E-state index is 0.0145. The highest BCUT2D eigenvalue weighted by Gasteiger charge is 2.15. The first-order valence-electron chi connectivity index (χ1n) is 6.91. The molecule has 2 aromatic carbocycles. The lowest BCUT2D eigenvalue weighted by atomic mass is 10.1. The first kappa shape index (κ1) is 16.4. The molecule has 2 rings (SSSR count). The summed E-state index contributed by atoms with van der Waals surface area (Å²) in [6, 6.07) is 11.5. The van der Waals surface area contributed by atoms with Crippen molar-refractivity contribution < 1.29 is 24.2 Å². The van der Waals surface area contributed by atoms with E-state index < -0.39 is 18.5 Å². The third kappa shape index (κ3) is 4.23. The number of carbonyl (C=O) groups excluding carboxylic acids is 2. The van der Waals surface area contributed by atoms with Gasteiger partial charge in [-0.25, -0.2) is 4.79 Å². The fourth-order valence-corrected chi connectivity index (χ4v) is 1.96. The molecule has 2 aromatic rings. The lowest BCUT2D eigenvalue weighted by Crippen LogP contribution is -2.21. The minimum Gasteiger partial charge on any atom is -0.507 e. The van der Waals surface area contributed by atoms with Gasteiger partial charge in [0.2, 0.25) is 0 Å². The van der Waals surface area contributed by atoms with Crippen LogP contribution >= 0.6 is 0 Å². The van der Waals surface area contributed by atoms with Gasteiger partial charge in [0, 0.05) is 0 Å². The van der Waals surface area contributed by atoms with Crippen LogP contribution in [0.5, 0.6) is 11.5 Å². The number of esters is 1. The normalized spacial score (nSPS) is 10.0. The Morgan fingerprint density at radius 3 is 2.61 bits per heavy atom. The first-order chi connectivity index (χ1) is 11.0. The van der Waals surface area contributed by atoms with Crippen LogP contribution in [0, 0.1) is 6.92 Å². The summed E-state index contributed by atoms with van der Waals surface area (Å²) in [7, 11) is 1.49. The molecule has 120 valence electrons. The van der Waals surface area contributed by atoms with E-state index in [1.165, 1.54) is 19.2 Å². The lowest BCUT2D eigenvalue weighted by molar-refractivity contribution is -0.119. The molecular formula is C17H17NO5. The molecule has 6 nitrogen and oxygen atoms in total. The highest BCUT2D eigenvalue weighted by Crippen LogP contribution is 2.23. The number of hydrogen-bond acceptors (Lipinski definition) is 5. The summed E-state index contributed by atoms with van der Waals surface area (Å²) in [4.78, 5) is 23.7. The minimum atomic E-state index is -0.766. The van der Waals surface area contributed by atoms with Gasteiger partial charge < -0.3 is 19.9 Å². The van der Waals surface area contributed by atoms with Gasteiger partial charge in [-0.05, 0) is 36.8 Å². The van der Waals surface area contributed by atoms with Crippen LogP contribution in [0.1, 0.15) is 15.9 Å². The second kappa shape index (κ2) is 7.31. The van der Waals surface area contributed by atoms with E-state index in [2.05, 4.69) is 5.32 Å². The molecule has 0 atom stereocenters. The summed E-state index contributed by atoms with van der Waals surface area (Å²) in [5.41, 5.74) is 1.31. The molecule has 0 saturated heterocycles. The van der Waals surface area contributed by atoms with Gasteiger partial charge in [-0.2, -0.15) is 0 Å². The zero-order valence-electron chi connectivity index (χ0n) is 12.8. The third-order valence-electron chi connectivity index (χ3n) is 3.09. The van der Waals surface area contributed by atoms with E-state index in [0.29, 0.717) is 11.4 Å². The Labute approximate surface area is 133 Å². The smallest absolute Gasteiger partial charge is 0.342 e. The number of anilines is 1. The third-order valence-corrected chi connectivity index (χ3v) is 3.09. The molecule has 0 aliphatic heterocycles. The molecule has 23 heavy (non-hydrogen) atoms. The number of hydrogen-bond donors (Lipinski definition) is 2. The quantitative estimate of drug-likeness (QED) is 0.828. The van der Waals surface area contributed by atoms with Crippen LogP contribution in [0.15, 0.2) is 42.5 Å². The Morgan fingerprint density at radius 2 is 1.91 bits per heavy atom. The van der Waals surface area contributed by atoms with E-state index in [-0.39, 0.29) is 11.3 Å². The van der Waals surface area contributed by atoms with Gasteiger partial charge >= 0.3 is 5.97 Å². The molecular weight excluding hydrogens is 298 g/mol. The van der Waals surface area contributed by atoms with Gasteiger partial charge in [0.15, 0.2) is 6.61 Å². The summed E-state index contributed by atoms with van der Waals surface area (Å²) in [6.07, 6.45) is 0. The van der Waals surface area contributed by atoms with Gasteiger partial charge in [-0.3, -0.25) is 4.79 Å². The summed E-state index contributed by atoms with van der Waals surface area (Å²) in [5, 5.41) is 12.3. The predicted octanol–water partition coefficient (Wildman–Crippen LogP) is 2.50. The number of methoxy groups -OCH3 is 1. The number of benzene rings is 2. The van der Waals surface area contributed by atoms with Crippen LogP contribution < -0.4 is 10.1 Å². The Balaban J connectivity index is 1.95. The second-order valence-corrected chi connectivity index (χ2v) is 4.85. The lowest BCUT2D eigenvalue weighted by Gasteiger charge is -2.10. The molecule has 1 amide bonds. The maximum absolute atomic E-state index is 11.9. The maximum Gasteiger partial charge on any atom is 0.342 e. The molecule has 0 saturated carbocycles. The molecule has 0 heterocycles. The molecule has 0 unspecified atom stereocenters. The Kier molecular flexibility index (Phi) is 5.19. The van der Waals surface area contributed by atoms with Crippen molar-refractivity contribution in [1.29, 1.82) is 0 Å². The number of ether oxygens (including phenoxy) is 2. The monoisotopic (exact) mass is 315 g/mol. The maximum atomic E-state index is 11.9. The van der Waals surface area contributed by atoms with E-state index >= 15 is 0 Å². The number of rotatable bonds is 5. The average molecular weight is 315 g/mol. The van der Waals surface area contributed by atoms with Crippen molar-refractivity contribution in [3.63, 3.8) is 0 Å². The fraction of sp³-hybridized carbons (Fsp3) is 0.176. The number of nitrogens with one attached hydrogen (secondary N) is 1. The predicted molar refractivity (Wildman–Crippen MR) is 84.8 cm³/mol. The zero-order valence-corrected chi connectivity index (χ0v) is 12.8. The van der Waals surface area contributed by atoms with Crippen molar-refractivity contribution in [2.24, 2.45) is 0 Å². The van der Waals surface area contributed by atoms with E-state index in [9.17, 15) is 14.7 Å². The number of phenols is 1. The fourth-order valence-electron chi connectivity index (χ4n) is 1.96. The molecule has 0 aromatic heterocycles. The van der Waals surface area contributed by atoms with Gasteiger partial charge in [-0.15, -0.1) is 0 Å². The van der Waals surface area contributed by atoms with Gasteiger partial charge in [0.05, 0.1) is 12.8 Å². The van der Waals surface area contributed by atoms with Crippen molar-refractivity contribution in [2.45, 2.75) is 6.92 Å².